The second kappa shape index (κ2) is 12.5. The highest BCUT2D eigenvalue weighted by molar-refractivity contribution is 5.95. The standard InChI is InChI=1S/C25H30N4O7/c1-5-35-20-12-17(23-22(24(31)34-4)15(2)27-25(32)28-23)9-10-19(20)36-14-21(30)29-26-13-16-7-6-8-18(11-16)33-3/h6-13,21,23,29-30H,5,14H2,1-4H3,(H2,27,28,32)/b26-13-/t21-,23+/m0/s1. The number of amides is 2. The van der Waals surface area contributed by atoms with Gasteiger partial charge in [0, 0.05) is 5.70 Å². The zero-order chi connectivity index (χ0) is 26.1. The lowest BCUT2D eigenvalue weighted by Crippen LogP contribution is -2.45. The summed E-state index contributed by atoms with van der Waals surface area (Å²) in [7, 11) is 2.86. The van der Waals surface area contributed by atoms with E-state index < -0.39 is 24.3 Å². The molecule has 0 spiro atoms. The number of methoxy groups -OCH3 is 2. The number of benzene rings is 2. The third kappa shape index (κ3) is 6.66. The van der Waals surface area contributed by atoms with Crippen LogP contribution in [0.3, 0.4) is 0 Å². The molecule has 0 aliphatic carbocycles. The van der Waals surface area contributed by atoms with Crippen molar-refractivity contribution in [2.24, 2.45) is 5.10 Å². The van der Waals surface area contributed by atoms with Gasteiger partial charge in [-0.3, -0.25) is 5.43 Å². The van der Waals surface area contributed by atoms with Crippen molar-refractivity contribution in [1.29, 1.82) is 0 Å². The lowest BCUT2D eigenvalue weighted by molar-refractivity contribution is -0.136. The van der Waals surface area contributed by atoms with E-state index in [4.69, 9.17) is 18.9 Å². The third-order valence-corrected chi connectivity index (χ3v) is 5.20. The summed E-state index contributed by atoms with van der Waals surface area (Å²) >= 11 is 0. The van der Waals surface area contributed by atoms with Gasteiger partial charge < -0.3 is 34.7 Å². The normalized spacial score (nSPS) is 16.1. The van der Waals surface area contributed by atoms with Gasteiger partial charge >= 0.3 is 12.0 Å². The number of hydrogen-bond donors (Lipinski definition) is 4. The molecule has 0 saturated carbocycles. The molecule has 0 fully saturated rings. The maximum atomic E-state index is 12.4. The van der Waals surface area contributed by atoms with Gasteiger partial charge in [0.05, 0.1) is 38.7 Å². The molecular formula is C25H30N4O7. The molecule has 1 aliphatic heterocycles. The Balaban J connectivity index is 1.70. The summed E-state index contributed by atoms with van der Waals surface area (Å²) in [6.07, 6.45) is 0.453. The van der Waals surface area contributed by atoms with E-state index in [9.17, 15) is 14.7 Å². The lowest BCUT2D eigenvalue weighted by Gasteiger charge is -2.28. The molecule has 2 aromatic carbocycles. The number of carbonyl (C=O) groups excluding carboxylic acids is 2. The third-order valence-electron chi connectivity index (χ3n) is 5.20. The molecule has 4 N–H and O–H groups in total. The number of ether oxygens (including phenoxy) is 4. The van der Waals surface area contributed by atoms with Crippen LogP contribution in [0.4, 0.5) is 4.79 Å². The molecule has 2 atom stereocenters. The fourth-order valence-corrected chi connectivity index (χ4v) is 3.54. The molecular weight excluding hydrogens is 468 g/mol. The van der Waals surface area contributed by atoms with Crippen LogP contribution in [0.2, 0.25) is 0 Å². The van der Waals surface area contributed by atoms with E-state index in [1.54, 1.807) is 44.5 Å². The molecule has 0 saturated heterocycles. The van der Waals surface area contributed by atoms with Gasteiger partial charge in [-0.05, 0) is 49.2 Å². The number of nitrogens with one attached hydrogen (secondary N) is 3. The summed E-state index contributed by atoms with van der Waals surface area (Å²) in [5, 5.41) is 19.6. The van der Waals surface area contributed by atoms with Crippen molar-refractivity contribution in [3.8, 4) is 17.2 Å². The van der Waals surface area contributed by atoms with Gasteiger partial charge in [-0.15, -0.1) is 0 Å². The minimum absolute atomic E-state index is 0.120. The maximum absolute atomic E-state index is 12.4. The SMILES string of the molecule is CCOc1cc([C@H]2NC(=O)NC(C)=C2C(=O)OC)ccc1OC[C@H](O)N/N=C\c1cccc(OC)c1. The van der Waals surface area contributed by atoms with Crippen LogP contribution < -0.4 is 30.3 Å². The summed E-state index contributed by atoms with van der Waals surface area (Å²) in [6, 6.07) is 11.1. The number of hydrazone groups is 1. The Morgan fingerprint density at radius 2 is 2.00 bits per heavy atom. The second-order valence-corrected chi connectivity index (χ2v) is 7.69. The molecule has 2 aromatic rings. The number of rotatable bonds is 11. The average Bonchev–Trinajstić information content (AvgIpc) is 2.87. The Bertz CT molecular complexity index is 1150. The maximum Gasteiger partial charge on any atom is 0.337 e. The topological polar surface area (TPSA) is 140 Å². The van der Waals surface area contributed by atoms with Crippen molar-refractivity contribution in [3.63, 3.8) is 0 Å². The van der Waals surface area contributed by atoms with Crippen LogP contribution in [-0.4, -0.2) is 57.0 Å². The first-order chi connectivity index (χ1) is 17.4. The number of carbonyl (C=O) groups is 2. The Morgan fingerprint density at radius 3 is 2.72 bits per heavy atom. The van der Waals surface area contributed by atoms with E-state index in [0.29, 0.717) is 35.1 Å². The van der Waals surface area contributed by atoms with Gasteiger partial charge in [0.2, 0.25) is 0 Å². The molecule has 3 rings (SSSR count). The van der Waals surface area contributed by atoms with Crippen LogP contribution in [0.1, 0.15) is 31.0 Å². The second-order valence-electron chi connectivity index (χ2n) is 7.69. The number of esters is 1. The lowest BCUT2D eigenvalue weighted by atomic mass is 9.95. The monoisotopic (exact) mass is 498 g/mol. The Morgan fingerprint density at radius 1 is 1.19 bits per heavy atom. The highest BCUT2D eigenvalue weighted by atomic mass is 16.5. The molecule has 0 aromatic heterocycles. The van der Waals surface area contributed by atoms with Crippen molar-refractivity contribution in [1.82, 2.24) is 16.1 Å². The summed E-state index contributed by atoms with van der Waals surface area (Å²) in [4.78, 5) is 24.4. The highest BCUT2D eigenvalue weighted by Crippen LogP contribution is 2.34. The number of urea groups is 1. The smallest absolute Gasteiger partial charge is 0.337 e. The minimum Gasteiger partial charge on any atom is -0.497 e. The summed E-state index contributed by atoms with van der Waals surface area (Å²) in [5.74, 6) is 0.894. The van der Waals surface area contributed by atoms with E-state index in [-0.39, 0.29) is 12.2 Å². The van der Waals surface area contributed by atoms with Crippen LogP contribution in [-0.2, 0) is 9.53 Å². The van der Waals surface area contributed by atoms with E-state index in [0.717, 1.165) is 5.56 Å². The van der Waals surface area contributed by atoms with Crippen LogP contribution in [0.15, 0.2) is 58.8 Å². The van der Waals surface area contributed by atoms with Gasteiger partial charge in [-0.2, -0.15) is 5.10 Å². The predicted molar refractivity (Wildman–Crippen MR) is 132 cm³/mol. The van der Waals surface area contributed by atoms with Crippen molar-refractivity contribution < 1.29 is 33.6 Å². The number of aliphatic hydroxyl groups is 1. The molecule has 11 heteroatoms. The fourth-order valence-electron chi connectivity index (χ4n) is 3.54. The summed E-state index contributed by atoms with van der Waals surface area (Å²) in [6.45, 7) is 3.68. The fraction of sp³-hybridized carbons (Fsp3) is 0.320. The van der Waals surface area contributed by atoms with E-state index in [1.165, 1.54) is 7.11 Å². The van der Waals surface area contributed by atoms with Crippen LogP contribution in [0.5, 0.6) is 17.2 Å². The Labute approximate surface area is 209 Å². The zero-order valence-corrected chi connectivity index (χ0v) is 20.5. The number of allylic oxidation sites excluding steroid dienone is 1. The molecule has 0 radical (unpaired) electrons. The molecule has 1 aliphatic rings. The molecule has 2 amide bonds. The highest BCUT2D eigenvalue weighted by Gasteiger charge is 2.32. The van der Waals surface area contributed by atoms with Crippen molar-refractivity contribution in [2.75, 3.05) is 27.4 Å². The van der Waals surface area contributed by atoms with E-state index in [2.05, 4.69) is 21.2 Å². The van der Waals surface area contributed by atoms with Gasteiger partial charge in [-0.25, -0.2) is 9.59 Å². The van der Waals surface area contributed by atoms with E-state index in [1.807, 2.05) is 25.1 Å². The van der Waals surface area contributed by atoms with Crippen molar-refractivity contribution >= 4 is 18.2 Å². The predicted octanol–water partition coefficient (Wildman–Crippen LogP) is 2.22. The van der Waals surface area contributed by atoms with Crippen molar-refractivity contribution in [3.05, 3.63) is 64.9 Å². The number of aliphatic hydroxyl groups excluding tert-OH is 1. The van der Waals surface area contributed by atoms with Crippen molar-refractivity contribution in [2.45, 2.75) is 26.1 Å². The zero-order valence-electron chi connectivity index (χ0n) is 20.5. The van der Waals surface area contributed by atoms with Gasteiger partial charge in [-0.1, -0.05) is 18.2 Å². The quantitative estimate of drug-likeness (QED) is 0.160. The molecule has 36 heavy (non-hydrogen) atoms. The van der Waals surface area contributed by atoms with E-state index >= 15 is 0 Å². The average molecular weight is 499 g/mol. The van der Waals surface area contributed by atoms with Gasteiger partial charge in [0.25, 0.3) is 0 Å². The number of nitrogens with zero attached hydrogens (tertiary/aromatic N) is 1. The molecule has 1 heterocycles. The van der Waals surface area contributed by atoms with Crippen LogP contribution in [0.25, 0.3) is 0 Å². The first-order valence-corrected chi connectivity index (χ1v) is 11.2. The summed E-state index contributed by atoms with van der Waals surface area (Å²) in [5.41, 5.74) is 4.67. The summed E-state index contributed by atoms with van der Waals surface area (Å²) < 4.78 is 21.5. The minimum atomic E-state index is -1.10. The first-order valence-electron chi connectivity index (χ1n) is 11.2. The Hall–Kier alpha value is -4.25. The van der Waals surface area contributed by atoms with Gasteiger partial charge in [0.1, 0.15) is 12.4 Å². The first kappa shape index (κ1) is 26.4. The van der Waals surface area contributed by atoms with Gasteiger partial charge in [0.15, 0.2) is 17.7 Å². The molecule has 192 valence electrons. The van der Waals surface area contributed by atoms with Crippen LogP contribution >= 0.6 is 0 Å². The molecule has 0 bridgehead atoms. The largest absolute Gasteiger partial charge is 0.497 e. The molecule has 0 unspecified atom stereocenters. The Kier molecular flexibility index (Phi) is 9.12. The van der Waals surface area contributed by atoms with Crippen LogP contribution in [0, 0.1) is 0 Å². The number of hydrogen-bond acceptors (Lipinski definition) is 9. The molecule has 11 nitrogen and oxygen atoms in total.